The Morgan fingerprint density at radius 1 is 0.985 bits per heavy atom. The van der Waals surface area contributed by atoms with Crippen LogP contribution in [-0.2, 0) is 22.8 Å². The predicted molar refractivity (Wildman–Crippen MR) is 250 cm³/mol. The van der Waals surface area contributed by atoms with Crippen LogP contribution in [0.15, 0.2) is 108 Å². The fourth-order valence-corrected chi connectivity index (χ4v) is 10.3. The summed E-state index contributed by atoms with van der Waals surface area (Å²) in [5.41, 5.74) is 5.22. The van der Waals surface area contributed by atoms with Crippen LogP contribution in [0, 0.1) is 34.8 Å². The molecule has 0 radical (unpaired) electrons. The highest BCUT2D eigenvalue weighted by Gasteiger charge is 2.65. The molecule has 67 heavy (non-hydrogen) atoms. The second-order valence-electron chi connectivity index (χ2n) is 17.6. The number of nitro benzene ring substituents is 1. The Labute approximate surface area is 391 Å². The van der Waals surface area contributed by atoms with Crippen molar-refractivity contribution in [2.45, 2.75) is 96.2 Å². The Kier molecular flexibility index (Phi) is 15.2. The molecule has 1 saturated carbocycles. The van der Waals surface area contributed by atoms with Crippen LogP contribution >= 0.6 is 0 Å². The van der Waals surface area contributed by atoms with Gasteiger partial charge in [0.25, 0.3) is 11.6 Å². The number of pyridine rings is 1. The molecule has 1 amide bonds. The number of carbonyl (C=O) groups excluding carboxylic acids is 1. The molecule has 2 N–H and O–H groups in total. The normalized spacial score (nSPS) is 22.8. The number of benzene rings is 3. The molecule has 2 aliphatic heterocycles. The van der Waals surface area contributed by atoms with Gasteiger partial charge in [-0.1, -0.05) is 43.1 Å². The van der Waals surface area contributed by atoms with E-state index in [-0.39, 0.29) is 75.6 Å². The summed E-state index contributed by atoms with van der Waals surface area (Å²) in [6.45, 7) is 8.99. The number of oxime groups is 1. The van der Waals surface area contributed by atoms with Crippen molar-refractivity contribution in [2.75, 3.05) is 33.2 Å². The molecule has 1 aromatic heterocycles. The van der Waals surface area contributed by atoms with Crippen LogP contribution in [-0.4, -0.2) is 81.6 Å². The molecular formula is C52H60N4O11. The molecule has 2 aliphatic carbocycles. The average Bonchev–Trinajstić information content (AvgIpc) is 3.82. The summed E-state index contributed by atoms with van der Waals surface area (Å²) in [6, 6.07) is 22.4. The molecule has 6 atom stereocenters. The van der Waals surface area contributed by atoms with E-state index in [1.165, 1.54) is 12.1 Å². The molecule has 0 saturated heterocycles. The third kappa shape index (κ3) is 10.2. The molecule has 3 aromatic carbocycles. The van der Waals surface area contributed by atoms with Gasteiger partial charge in [-0.05, 0) is 123 Å². The van der Waals surface area contributed by atoms with Crippen molar-refractivity contribution in [3.8, 4) is 23.0 Å². The average molecular weight is 917 g/mol. The summed E-state index contributed by atoms with van der Waals surface area (Å²) in [5, 5.41) is 36.3. The molecule has 3 heterocycles. The van der Waals surface area contributed by atoms with Crippen molar-refractivity contribution in [1.29, 1.82) is 0 Å². The molecule has 354 valence electrons. The molecule has 0 spiro atoms. The smallest absolute Gasteiger partial charge is 0.269 e. The molecule has 4 aliphatic rings. The second-order valence-corrected chi connectivity index (χ2v) is 17.6. The summed E-state index contributed by atoms with van der Waals surface area (Å²) >= 11 is 0. The number of nitro groups is 1. The zero-order chi connectivity index (χ0) is 46.9. The summed E-state index contributed by atoms with van der Waals surface area (Å²) in [6.07, 6.45) is 9.18. The van der Waals surface area contributed by atoms with Crippen LogP contribution in [0.1, 0.15) is 97.1 Å². The van der Waals surface area contributed by atoms with Crippen LogP contribution in [0.5, 0.6) is 23.0 Å². The van der Waals surface area contributed by atoms with E-state index < -0.39 is 22.7 Å². The molecule has 8 rings (SSSR count). The van der Waals surface area contributed by atoms with Crippen molar-refractivity contribution in [3.63, 3.8) is 0 Å². The lowest BCUT2D eigenvalue weighted by atomic mass is 9.55. The van der Waals surface area contributed by atoms with Gasteiger partial charge in [-0.25, -0.2) is 0 Å². The number of fused-ring (bicyclic) bond motifs is 3. The molecule has 15 heteroatoms. The number of hydrogen-bond acceptors (Lipinski definition) is 13. The number of non-ortho nitro benzene ring substituents is 1. The number of carbonyl (C=O) groups is 1. The number of hydrogen-bond donors (Lipinski definition) is 2. The topological polar surface area (TPSA) is 185 Å². The van der Waals surface area contributed by atoms with Gasteiger partial charge in [-0.15, -0.1) is 6.58 Å². The van der Waals surface area contributed by atoms with Gasteiger partial charge >= 0.3 is 0 Å². The zero-order valence-corrected chi connectivity index (χ0v) is 38.2. The van der Waals surface area contributed by atoms with E-state index in [0.29, 0.717) is 65.6 Å². The molecule has 15 nitrogen and oxygen atoms in total. The third-order valence-corrected chi connectivity index (χ3v) is 13.3. The van der Waals surface area contributed by atoms with Crippen LogP contribution < -0.4 is 18.9 Å². The standard InChI is InChI=1S/C52H60N4O11/c1-4-23-55(51(59)37-17-21-46-47(28-37)64-33-63-46)48-30-44(54-66-31-35-15-18-39(19-16-35)56(60)61)42-27-36(12-6-8-24-57)41(14-7-9-25-58)49-43-29-40(62-32-38-13-10-11-34(3)53-38)20-22-45(43)67-52(48,50(42)49)65-26-5-2/h5,10-11,13,15-22,27-29,36,41,48-50,57-58H,2,4,6-9,12,14,23-26,30-33H2,1,3H3/t36-,41+,48-,49+,50+,52+/m0/s1. The third-order valence-electron chi connectivity index (χ3n) is 13.3. The minimum Gasteiger partial charge on any atom is -0.487 e. The van der Waals surface area contributed by atoms with Crippen molar-refractivity contribution in [2.24, 2.45) is 22.9 Å². The fraction of sp³-hybridized carbons (Fsp3) is 0.442. The van der Waals surface area contributed by atoms with E-state index in [2.05, 4.69) is 23.7 Å². The van der Waals surface area contributed by atoms with Gasteiger partial charge in [0.15, 0.2) is 11.5 Å². The number of amides is 1. The van der Waals surface area contributed by atoms with Crippen LogP contribution in [0.3, 0.4) is 0 Å². The first-order chi connectivity index (χ1) is 32.7. The molecule has 0 unspecified atom stereocenters. The number of ether oxygens (including phenoxy) is 5. The van der Waals surface area contributed by atoms with Crippen molar-refractivity contribution in [3.05, 3.63) is 141 Å². The lowest BCUT2D eigenvalue weighted by Crippen LogP contribution is -2.70. The number of unbranched alkanes of at least 4 members (excludes halogenated alkanes) is 2. The molecule has 1 fully saturated rings. The highest BCUT2D eigenvalue weighted by molar-refractivity contribution is 6.03. The van der Waals surface area contributed by atoms with E-state index in [1.807, 2.05) is 49.1 Å². The SMILES string of the molecule is C=CCO[C@@]12Oc3ccc(OCc4cccc(C)n4)cc3[C@H]3[C@H](CCCCO)[C@@H](CCCCO)C=C(C(=NOCc4ccc([N+](=O)[O-])cc4)C[C@@H]1N(CCC)C(=O)c1ccc4c(c1)OCO4)[C@H]32. The van der Waals surface area contributed by atoms with Gasteiger partial charge in [-0.3, -0.25) is 19.9 Å². The summed E-state index contributed by atoms with van der Waals surface area (Å²) in [5.74, 6) is -0.183. The summed E-state index contributed by atoms with van der Waals surface area (Å²) in [7, 11) is 0. The Morgan fingerprint density at radius 2 is 1.76 bits per heavy atom. The monoisotopic (exact) mass is 916 g/mol. The summed E-state index contributed by atoms with van der Waals surface area (Å²) in [4.78, 5) is 38.9. The molecule has 0 bridgehead atoms. The van der Waals surface area contributed by atoms with E-state index in [4.69, 9.17) is 33.7 Å². The number of nitrogens with zero attached hydrogens (tertiary/aromatic N) is 4. The van der Waals surface area contributed by atoms with Gasteiger partial charge in [0.1, 0.15) is 30.8 Å². The lowest BCUT2D eigenvalue weighted by molar-refractivity contribution is -0.384. The van der Waals surface area contributed by atoms with E-state index in [9.17, 15) is 20.3 Å². The second kappa shape index (κ2) is 21.6. The Balaban J connectivity index is 1.30. The van der Waals surface area contributed by atoms with Gasteiger partial charge < -0.3 is 43.6 Å². The number of allylic oxidation sites excluding steroid dienone is 1. The first-order valence-corrected chi connectivity index (χ1v) is 23.4. The Morgan fingerprint density at radius 3 is 2.51 bits per heavy atom. The van der Waals surface area contributed by atoms with Crippen molar-refractivity contribution in [1.82, 2.24) is 9.88 Å². The van der Waals surface area contributed by atoms with Gasteiger partial charge in [0.05, 0.1) is 28.9 Å². The van der Waals surface area contributed by atoms with Gasteiger partial charge in [-0.2, -0.15) is 0 Å². The quantitative estimate of drug-likeness (QED) is 0.0331. The highest BCUT2D eigenvalue weighted by atomic mass is 16.7. The number of aliphatic hydroxyl groups excluding tert-OH is 2. The minimum atomic E-state index is -1.46. The zero-order valence-electron chi connectivity index (χ0n) is 38.2. The predicted octanol–water partition coefficient (Wildman–Crippen LogP) is 8.99. The van der Waals surface area contributed by atoms with Gasteiger partial charge in [0, 0.05) is 61.1 Å². The highest BCUT2D eigenvalue weighted by Crippen LogP contribution is 2.62. The van der Waals surface area contributed by atoms with E-state index in [1.54, 1.807) is 36.4 Å². The number of aryl methyl sites for hydroxylation is 1. The van der Waals surface area contributed by atoms with Crippen LogP contribution in [0.25, 0.3) is 0 Å². The molecular weight excluding hydrogens is 857 g/mol. The maximum absolute atomic E-state index is 15.2. The Hall–Kier alpha value is -6.29. The summed E-state index contributed by atoms with van der Waals surface area (Å²) < 4.78 is 32.3. The van der Waals surface area contributed by atoms with Crippen LogP contribution in [0.4, 0.5) is 5.69 Å². The molecule has 4 aromatic rings. The Bertz CT molecular complexity index is 2460. The first kappa shape index (κ1) is 47.2. The lowest BCUT2D eigenvalue weighted by Gasteiger charge is -2.60. The van der Waals surface area contributed by atoms with Crippen molar-refractivity contribution < 1.29 is 48.5 Å². The number of aromatic nitrogens is 1. The van der Waals surface area contributed by atoms with Crippen molar-refractivity contribution >= 4 is 17.3 Å². The number of rotatable bonds is 22. The van der Waals surface area contributed by atoms with E-state index in [0.717, 1.165) is 48.2 Å². The maximum Gasteiger partial charge on any atom is 0.269 e. The first-order valence-electron chi connectivity index (χ1n) is 23.4. The maximum atomic E-state index is 15.2. The van der Waals surface area contributed by atoms with Gasteiger partial charge in [0.2, 0.25) is 12.6 Å². The fourth-order valence-electron chi connectivity index (χ4n) is 10.3. The van der Waals surface area contributed by atoms with Crippen LogP contribution in [0.2, 0.25) is 0 Å². The number of aliphatic hydroxyl groups is 2. The van der Waals surface area contributed by atoms with E-state index >= 15 is 4.79 Å². The largest absolute Gasteiger partial charge is 0.487 e. The minimum absolute atomic E-state index is 0.00672.